The van der Waals surface area contributed by atoms with Crippen molar-refractivity contribution in [3.63, 3.8) is 0 Å². The number of halogens is 2. The van der Waals surface area contributed by atoms with Crippen LogP contribution in [0.15, 0.2) is 41.2 Å². The van der Waals surface area contributed by atoms with Crippen molar-refractivity contribution in [2.75, 3.05) is 5.32 Å². The van der Waals surface area contributed by atoms with Crippen molar-refractivity contribution in [2.24, 2.45) is 0 Å². The topological polar surface area (TPSA) is 93.8 Å². The van der Waals surface area contributed by atoms with Gasteiger partial charge in [0.25, 0.3) is 5.89 Å². The minimum absolute atomic E-state index is 0.0174. The molecule has 0 aliphatic rings. The fraction of sp³-hybridized carbons (Fsp3) is 0.0714. The quantitative estimate of drug-likeness (QED) is 0.788. The molecule has 0 saturated carbocycles. The Labute approximate surface area is 134 Å². The van der Waals surface area contributed by atoms with Gasteiger partial charge < -0.3 is 9.73 Å². The van der Waals surface area contributed by atoms with Gasteiger partial charge in [0.15, 0.2) is 0 Å². The smallest absolute Gasteiger partial charge is 0.267 e. The second-order valence-corrected chi connectivity index (χ2v) is 4.88. The number of hydrogen-bond donors (Lipinski definition) is 1. The molecule has 0 fully saturated rings. The Balaban J connectivity index is 1.69. The van der Waals surface area contributed by atoms with E-state index in [-0.39, 0.29) is 23.9 Å². The molecule has 3 aromatic rings. The average Bonchev–Trinajstić information content (AvgIpc) is 3.00. The predicted molar refractivity (Wildman–Crippen MR) is 79.1 cm³/mol. The van der Waals surface area contributed by atoms with Gasteiger partial charge in [0.2, 0.25) is 11.8 Å². The molecule has 2 heterocycles. The van der Waals surface area contributed by atoms with Gasteiger partial charge in [-0.15, -0.1) is 10.2 Å². The summed E-state index contributed by atoms with van der Waals surface area (Å²) in [5, 5.41) is 10.2. The van der Waals surface area contributed by atoms with E-state index in [2.05, 4.69) is 25.5 Å². The first-order chi connectivity index (χ1) is 11.1. The molecule has 0 aliphatic heterocycles. The minimum Gasteiger partial charge on any atom is -0.419 e. The zero-order valence-electron chi connectivity index (χ0n) is 11.5. The first-order valence-corrected chi connectivity index (χ1v) is 6.83. The van der Waals surface area contributed by atoms with E-state index in [1.54, 1.807) is 0 Å². The van der Waals surface area contributed by atoms with Crippen LogP contribution in [0.25, 0.3) is 11.6 Å². The standard InChI is InChI=1S/C14H9ClFN5O2/c15-8-1-2-9(16)10(5-8)19-12(22)6-13-20-21-14(23-13)11-7-17-3-4-18-11/h1-5,7H,6H2,(H,19,22). The summed E-state index contributed by atoms with van der Waals surface area (Å²) >= 11 is 5.76. The lowest BCUT2D eigenvalue weighted by atomic mass is 10.3. The summed E-state index contributed by atoms with van der Waals surface area (Å²) in [6.45, 7) is 0. The molecule has 0 spiro atoms. The fourth-order valence-electron chi connectivity index (χ4n) is 1.76. The van der Waals surface area contributed by atoms with Crippen molar-refractivity contribution in [1.29, 1.82) is 0 Å². The van der Waals surface area contributed by atoms with Crippen LogP contribution < -0.4 is 5.32 Å². The minimum atomic E-state index is -0.589. The Morgan fingerprint density at radius 2 is 2.17 bits per heavy atom. The van der Waals surface area contributed by atoms with Gasteiger partial charge in [-0.05, 0) is 18.2 Å². The van der Waals surface area contributed by atoms with Crippen molar-refractivity contribution >= 4 is 23.2 Å². The zero-order chi connectivity index (χ0) is 16.2. The van der Waals surface area contributed by atoms with E-state index in [1.165, 1.54) is 30.7 Å². The second kappa shape index (κ2) is 6.49. The number of carbonyl (C=O) groups is 1. The normalized spacial score (nSPS) is 10.5. The number of anilines is 1. The number of benzene rings is 1. The van der Waals surface area contributed by atoms with Crippen LogP contribution in [0.2, 0.25) is 5.02 Å². The van der Waals surface area contributed by atoms with Crippen LogP contribution >= 0.6 is 11.6 Å². The Kier molecular flexibility index (Phi) is 4.24. The molecule has 23 heavy (non-hydrogen) atoms. The van der Waals surface area contributed by atoms with Crippen LogP contribution in [0.5, 0.6) is 0 Å². The van der Waals surface area contributed by atoms with Crippen LogP contribution in [-0.2, 0) is 11.2 Å². The predicted octanol–water partition coefficient (Wildman–Crippen LogP) is 2.50. The molecule has 2 aromatic heterocycles. The largest absolute Gasteiger partial charge is 0.419 e. The Morgan fingerprint density at radius 3 is 2.96 bits per heavy atom. The Bertz CT molecular complexity index is 840. The summed E-state index contributed by atoms with van der Waals surface area (Å²) in [4.78, 5) is 19.8. The first-order valence-electron chi connectivity index (χ1n) is 6.45. The number of aromatic nitrogens is 4. The monoisotopic (exact) mass is 333 g/mol. The molecule has 0 aliphatic carbocycles. The molecule has 0 saturated heterocycles. The molecule has 0 unspecified atom stereocenters. The molecule has 9 heteroatoms. The molecule has 7 nitrogen and oxygen atoms in total. The van der Waals surface area contributed by atoms with Crippen molar-refractivity contribution in [1.82, 2.24) is 20.2 Å². The zero-order valence-corrected chi connectivity index (χ0v) is 12.3. The van der Waals surface area contributed by atoms with Crippen molar-refractivity contribution < 1.29 is 13.6 Å². The van der Waals surface area contributed by atoms with Crippen LogP contribution in [0, 0.1) is 5.82 Å². The summed E-state index contributed by atoms with van der Waals surface area (Å²) < 4.78 is 18.9. The highest BCUT2D eigenvalue weighted by atomic mass is 35.5. The Hall–Kier alpha value is -2.87. The molecule has 1 aromatic carbocycles. The summed E-state index contributed by atoms with van der Waals surface area (Å²) in [5.74, 6) is -0.880. The SMILES string of the molecule is O=C(Cc1nnc(-c2cnccn2)o1)Nc1cc(Cl)ccc1F. The molecular weight excluding hydrogens is 325 g/mol. The number of rotatable bonds is 4. The summed E-state index contributed by atoms with van der Waals surface area (Å²) in [5.41, 5.74) is 0.378. The molecule has 1 N–H and O–H groups in total. The summed E-state index contributed by atoms with van der Waals surface area (Å²) in [7, 11) is 0. The van der Waals surface area contributed by atoms with Crippen LogP contribution in [0.1, 0.15) is 5.89 Å². The van der Waals surface area contributed by atoms with Gasteiger partial charge >= 0.3 is 0 Å². The highest BCUT2D eigenvalue weighted by molar-refractivity contribution is 6.30. The average molecular weight is 334 g/mol. The van der Waals surface area contributed by atoms with E-state index in [0.717, 1.165) is 6.07 Å². The van der Waals surface area contributed by atoms with Crippen LogP contribution in [0.3, 0.4) is 0 Å². The van der Waals surface area contributed by atoms with Crippen LogP contribution in [-0.4, -0.2) is 26.1 Å². The van der Waals surface area contributed by atoms with Gasteiger partial charge in [0, 0.05) is 17.4 Å². The third kappa shape index (κ3) is 3.67. The second-order valence-electron chi connectivity index (χ2n) is 4.44. The van der Waals surface area contributed by atoms with E-state index in [1.807, 2.05) is 0 Å². The number of carbonyl (C=O) groups excluding carboxylic acids is 1. The van der Waals surface area contributed by atoms with E-state index in [4.69, 9.17) is 16.0 Å². The van der Waals surface area contributed by atoms with Gasteiger partial charge in [0.05, 0.1) is 11.9 Å². The molecule has 116 valence electrons. The molecule has 0 bridgehead atoms. The number of nitrogens with zero attached hydrogens (tertiary/aromatic N) is 4. The number of hydrogen-bond acceptors (Lipinski definition) is 6. The molecule has 0 radical (unpaired) electrons. The van der Waals surface area contributed by atoms with E-state index < -0.39 is 11.7 Å². The molecule has 0 atom stereocenters. The number of amides is 1. The van der Waals surface area contributed by atoms with Gasteiger partial charge in [-0.2, -0.15) is 0 Å². The third-order valence-electron chi connectivity index (χ3n) is 2.76. The molecule has 1 amide bonds. The maximum atomic E-state index is 13.6. The van der Waals surface area contributed by atoms with Gasteiger partial charge in [0.1, 0.15) is 17.9 Å². The molecular formula is C14H9ClFN5O2. The molecule has 3 rings (SSSR count). The van der Waals surface area contributed by atoms with Crippen molar-refractivity contribution in [2.45, 2.75) is 6.42 Å². The lowest BCUT2D eigenvalue weighted by Crippen LogP contribution is -2.15. The van der Waals surface area contributed by atoms with E-state index in [9.17, 15) is 9.18 Å². The fourth-order valence-corrected chi connectivity index (χ4v) is 1.94. The van der Waals surface area contributed by atoms with Gasteiger partial charge in [-0.25, -0.2) is 9.37 Å². The first kappa shape index (κ1) is 15.0. The summed E-state index contributed by atoms with van der Waals surface area (Å²) in [6.07, 6.45) is 4.24. The number of nitrogens with one attached hydrogen (secondary N) is 1. The highest BCUT2D eigenvalue weighted by Gasteiger charge is 2.14. The Morgan fingerprint density at radius 1 is 1.30 bits per heavy atom. The van der Waals surface area contributed by atoms with Crippen molar-refractivity contribution in [3.05, 3.63) is 53.5 Å². The summed E-state index contributed by atoms with van der Waals surface area (Å²) in [6, 6.07) is 3.86. The maximum Gasteiger partial charge on any atom is 0.267 e. The van der Waals surface area contributed by atoms with E-state index in [0.29, 0.717) is 10.7 Å². The third-order valence-corrected chi connectivity index (χ3v) is 3.00. The lowest BCUT2D eigenvalue weighted by Gasteiger charge is -2.05. The van der Waals surface area contributed by atoms with E-state index >= 15 is 0 Å². The van der Waals surface area contributed by atoms with Gasteiger partial charge in [-0.1, -0.05) is 11.6 Å². The van der Waals surface area contributed by atoms with Crippen molar-refractivity contribution in [3.8, 4) is 11.6 Å². The van der Waals surface area contributed by atoms with Crippen LogP contribution in [0.4, 0.5) is 10.1 Å². The lowest BCUT2D eigenvalue weighted by molar-refractivity contribution is -0.115. The van der Waals surface area contributed by atoms with Gasteiger partial charge in [-0.3, -0.25) is 9.78 Å². The highest BCUT2D eigenvalue weighted by Crippen LogP contribution is 2.20. The maximum absolute atomic E-state index is 13.6.